The standard InChI is InChI=1S/C13H22N4O/c1-2-13(18-7-1)5-6-17-10-12(15-16-17)9-14-8-11-3-4-11/h10-11,13-14H,1-9H2. The molecule has 1 aromatic heterocycles. The van der Waals surface area contributed by atoms with Crippen LogP contribution >= 0.6 is 0 Å². The van der Waals surface area contributed by atoms with Crippen molar-refractivity contribution >= 4 is 0 Å². The highest BCUT2D eigenvalue weighted by atomic mass is 16.5. The third kappa shape index (κ3) is 3.53. The highest BCUT2D eigenvalue weighted by Crippen LogP contribution is 2.27. The summed E-state index contributed by atoms with van der Waals surface area (Å²) in [4.78, 5) is 0. The lowest BCUT2D eigenvalue weighted by Gasteiger charge is -2.07. The highest BCUT2D eigenvalue weighted by Gasteiger charge is 2.20. The molecule has 0 spiro atoms. The Labute approximate surface area is 108 Å². The summed E-state index contributed by atoms with van der Waals surface area (Å²) in [6, 6.07) is 0. The Morgan fingerprint density at radius 2 is 2.33 bits per heavy atom. The van der Waals surface area contributed by atoms with Gasteiger partial charge >= 0.3 is 0 Å². The van der Waals surface area contributed by atoms with Crippen LogP contribution < -0.4 is 5.32 Å². The molecular formula is C13H22N4O. The molecule has 1 saturated heterocycles. The quantitative estimate of drug-likeness (QED) is 0.793. The zero-order valence-electron chi connectivity index (χ0n) is 10.8. The number of aromatic nitrogens is 3. The molecule has 1 atom stereocenters. The normalized spacial score (nSPS) is 23.7. The van der Waals surface area contributed by atoms with Crippen LogP contribution in [0.4, 0.5) is 0 Å². The number of aryl methyl sites for hydroxylation is 1. The van der Waals surface area contributed by atoms with E-state index < -0.39 is 0 Å². The molecule has 1 saturated carbocycles. The van der Waals surface area contributed by atoms with Crippen molar-refractivity contribution in [3.63, 3.8) is 0 Å². The van der Waals surface area contributed by atoms with E-state index in [0.717, 1.165) is 44.3 Å². The maximum absolute atomic E-state index is 5.61. The second-order valence-corrected chi connectivity index (χ2v) is 5.47. The van der Waals surface area contributed by atoms with Crippen LogP contribution in [-0.2, 0) is 17.8 Å². The molecule has 1 unspecified atom stereocenters. The molecule has 2 aliphatic rings. The molecule has 0 aromatic carbocycles. The van der Waals surface area contributed by atoms with E-state index in [2.05, 4.69) is 21.8 Å². The van der Waals surface area contributed by atoms with Gasteiger partial charge in [0.05, 0.1) is 11.8 Å². The second-order valence-electron chi connectivity index (χ2n) is 5.47. The Morgan fingerprint density at radius 1 is 1.39 bits per heavy atom. The average Bonchev–Trinajstić information content (AvgIpc) is 2.90. The summed E-state index contributed by atoms with van der Waals surface area (Å²) in [5.41, 5.74) is 1.04. The molecule has 5 nitrogen and oxygen atoms in total. The van der Waals surface area contributed by atoms with Gasteiger partial charge in [-0.1, -0.05) is 5.21 Å². The monoisotopic (exact) mass is 250 g/mol. The first kappa shape index (κ1) is 12.1. The predicted molar refractivity (Wildman–Crippen MR) is 68.0 cm³/mol. The molecule has 0 bridgehead atoms. The topological polar surface area (TPSA) is 52.0 Å². The van der Waals surface area contributed by atoms with Crippen LogP contribution in [0, 0.1) is 5.92 Å². The molecule has 2 heterocycles. The SMILES string of the molecule is c1c(CNCC2CC2)nnn1CCC1CCCO1. The number of ether oxygens (including phenoxy) is 1. The van der Waals surface area contributed by atoms with Crippen LogP contribution in [0.15, 0.2) is 6.20 Å². The summed E-state index contributed by atoms with van der Waals surface area (Å²) < 4.78 is 7.55. The predicted octanol–water partition coefficient (Wildman–Crippen LogP) is 1.35. The Kier molecular flexibility index (Phi) is 3.90. The first-order valence-electron chi connectivity index (χ1n) is 7.11. The van der Waals surface area contributed by atoms with Crippen molar-refractivity contribution in [2.45, 2.75) is 51.3 Å². The van der Waals surface area contributed by atoms with E-state index in [1.165, 1.54) is 25.7 Å². The molecule has 1 aliphatic heterocycles. The van der Waals surface area contributed by atoms with Crippen molar-refractivity contribution in [3.8, 4) is 0 Å². The van der Waals surface area contributed by atoms with Crippen molar-refractivity contribution in [1.82, 2.24) is 20.3 Å². The lowest BCUT2D eigenvalue weighted by atomic mass is 10.2. The maximum atomic E-state index is 5.61. The number of nitrogens with zero attached hydrogens (tertiary/aromatic N) is 3. The maximum Gasteiger partial charge on any atom is 0.0964 e. The molecule has 100 valence electrons. The molecule has 2 fully saturated rings. The van der Waals surface area contributed by atoms with Gasteiger partial charge in [0.1, 0.15) is 0 Å². The molecule has 0 radical (unpaired) electrons. The molecular weight excluding hydrogens is 228 g/mol. The van der Waals surface area contributed by atoms with E-state index >= 15 is 0 Å². The van der Waals surface area contributed by atoms with Gasteiger partial charge in [-0.2, -0.15) is 0 Å². The minimum Gasteiger partial charge on any atom is -0.378 e. The van der Waals surface area contributed by atoms with Crippen molar-refractivity contribution in [2.75, 3.05) is 13.2 Å². The second kappa shape index (κ2) is 5.80. The summed E-state index contributed by atoms with van der Waals surface area (Å²) in [7, 11) is 0. The Balaban J connectivity index is 1.37. The van der Waals surface area contributed by atoms with E-state index in [1.54, 1.807) is 0 Å². The summed E-state index contributed by atoms with van der Waals surface area (Å²) in [6.45, 7) is 3.82. The van der Waals surface area contributed by atoms with E-state index in [4.69, 9.17) is 4.74 Å². The van der Waals surface area contributed by atoms with Crippen LogP contribution in [0.1, 0.15) is 37.8 Å². The third-order valence-corrected chi connectivity index (χ3v) is 3.73. The number of hydrogen-bond acceptors (Lipinski definition) is 4. The molecule has 5 heteroatoms. The highest BCUT2D eigenvalue weighted by molar-refractivity contribution is 4.92. The number of nitrogens with one attached hydrogen (secondary N) is 1. The van der Waals surface area contributed by atoms with Gasteiger partial charge in [-0.05, 0) is 44.6 Å². The lowest BCUT2D eigenvalue weighted by molar-refractivity contribution is 0.0993. The van der Waals surface area contributed by atoms with Gasteiger partial charge in [0, 0.05) is 25.9 Å². The van der Waals surface area contributed by atoms with E-state index in [0.29, 0.717) is 6.10 Å². The molecule has 0 amide bonds. The largest absolute Gasteiger partial charge is 0.378 e. The van der Waals surface area contributed by atoms with Gasteiger partial charge in [-0.25, -0.2) is 0 Å². The van der Waals surface area contributed by atoms with Crippen molar-refractivity contribution < 1.29 is 4.74 Å². The van der Waals surface area contributed by atoms with Crippen LogP contribution in [0.5, 0.6) is 0 Å². The fraction of sp³-hybridized carbons (Fsp3) is 0.846. The van der Waals surface area contributed by atoms with Crippen molar-refractivity contribution in [2.24, 2.45) is 5.92 Å². The van der Waals surface area contributed by atoms with Gasteiger partial charge in [0.25, 0.3) is 0 Å². The van der Waals surface area contributed by atoms with Crippen molar-refractivity contribution in [1.29, 1.82) is 0 Å². The van der Waals surface area contributed by atoms with Crippen LogP contribution in [-0.4, -0.2) is 34.2 Å². The molecule has 1 aromatic rings. The summed E-state index contributed by atoms with van der Waals surface area (Å²) in [6.07, 6.45) is 8.73. The Hall–Kier alpha value is -0.940. The van der Waals surface area contributed by atoms with E-state index in [-0.39, 0.29) is 0 Å². The number of rotatable bonds is 7. The molecule has 1 aliphatic carbocycles. The zero-order valence-corrected chi connectivity index (χ0v) is 10.8. The minimum absolute atomic E-state index is 0.436. The first-order chi connectivity index (χ1) is 8.90. The van der Waals surface area contributed by atoms with Gasteiger partial charge in [0.2, 0.25) is 0 Å². The van der Waals surface area contributed by atoms with Crippen LogP contribution in [0.25, 0.3) is 0 Å². The van der Waals surface area contributed by atoms with E-state index in [1.807, 2.05) is 4.68 Å². The molecule has 1 N–H and O–H groups in total. The molecule has 18 heavy (non-hydrogen) atoms. The van der Waals surface area contributed by atoms with Gasteiger partial charge in [-0.3, -0.25) is 4.68 Å². The minimum atomic E-state index is 0.436. The van der Waals surface area contributed by atoms with Gasteiger partial charge < -0.3 is 10.1 Å². The zero-order chi connectivity index (χ0) is 12.2. The summed E-state index contributed by atoms with van der Waals surface area (Å²) in [5, 5.41) is 11.8. The number of hydrogen-bond donors (Lipinski definition) is 1. The average molecular weight is 250 g/mol. The van der Waals surface area contributed by atoms with Crippen LogP contribution in [0.2, 0.25) is 0 Å². The Morgan fingerprint density at radius 3 is 3.11 bits per heavy atom. The summed E-state index contributed by atoms with van der Waals surface area (Å²) >= 11 is 0. The van der Waals surface area contributed by atoms with Gasteiger partial charge in [0.15, 0.2) is 0 Å². The van der Waals surface area contributed by atoms with Crippen molar-refractivity contribution in [3.05, 3.63) is 11.9 Å². The summed E-state index contributed by atoms with van der Waals surface area (Å²) in [5.74, 6) is 0.916. The Bertz CT molecular complexity index is 369. The fourth-order valence-corrected chi connectivity index (χ4v) is 2.40. The first-order valence-corrected chi connectivity index (χ1v) is 7.11. The lowest BCUT2D eigenvalue weighted by Crippen LogP contribution is -2.16. The fourth-order valence-electron chi connectivity index (χ4n) is 2.40. The van der Waals surface area contributed by atoms with E-state index in [9.17, 15) is 0 Å². The van der Waals surface area contributed by atoms with Crippen LogP contribution in [0.3, 0.4) is 0 Å². The smallest absolute Gasteiger partial charge is 0.0964 e. The third-order valence-electron chi connectivity index (χ3n) is 3.73. The molecule has 3 rings (SSSR count). The van der Waals surface area contributed by atoms with Gasteiger partial charge in [-0.15, -0.1) is 5.10 Å².